The van der Waals surface area contributed by atoms with E-state index in [4.69, 9.17) is 16.3 Å². The lowest BCUT2D eigenvalue weighted by Crippen LogP contribution is -1.97. The molecule has 21 heavy (non-hydrogen) atoms. The van der Waals surface area contributed by atoms with E-state index >= 15 is 0 Å². The predicted molar refractivity (Wildman–Crippen MR) is 81.4 cm³/mol. The summed E-state index contributed by atoms with van der Waals surface area (Å²) in [5.74, 6) is -0.410. The highest BCUT2D eigenvalue weighted by atomic mass is 35.5. The van der Waals surface area contributed by atoms with Crippen LogP contribution in [0.2, 0.25) is 5.02 Å². The van der Waals surface area contributed by atoms with E-state index in [-0.39, 0.29) is 5.56 Å². The maximum absolute atomic E-state index is 11.6. The van der Waals surface area contributed by atoms with E-state index in [0.717, 1.165) is 5.56 Å². The number of hydrogen-bond acceptors (Lipinski definition) is 2. The molecular weight excluding hydrogens is 290 g/mol. The highest BCUT2D eigenvalue weighted by molar-refractivity contribution is 6.32. The second kappa shape index (κ2) is 5.14. The SMILES string of the molecule is COc1ccc(-c2cn3ccccc3c2C(=O)O)cc1Cl. The van der Waals surface area contributed by atoms with Crippen molar-refractivity contribution in [2.75, 3.05) is 7.11 Å². The average molecular weight is 302 g/mol. The van der Waals surface area contributed by atoms with Crippen molar-refractivity contribution in [1.82, 2.24) is 4.40 Å². The number of aromatic nitrogens is 1. The summed E-state index contributed by atoms with van der Waals surface area (Å²) in [5.41, 5.74) is 2.27. The van der Waals surface area contributed by atoms with Crippen LogP contribution in [-0.4, -0.2) is 22.6 Å². The molecule has 0 aliphatic heterocycles. The Hall–Kier alpha value is -2.46. The van der Waals surface area contributed by atoms with Crippen LogP contribution in [-0.2, 0) is 0 Å². The second-order valence-corrected chi connectivity index (χ2v) is 4.97. The van der Waals surface area contributed by atoms with Crippen molar-refractivity contribution in [2.24, 2.45) is 0 Å². The summed E-state index contributed by atoms with van der Waals surface area (Å²) in [6, 6.07) is 10.7. The van der Waals surface area contributed by atoms with Gasteiger partial charge < -0.3 is 14.2 Å². The maximum Gasteiger partial charge on any atom is 0.338 e. The van der Waals surface area contributed by atoms with Gasteiger partial charge in [-0.3, -0.25) is 0 Å². The van der Waals surface area contributed by atoms with Gasteiger partial charge >= 0.3 is 5.97 Å². The first-order chi connectivity index (χ1) is 10.1. The molecule has 3 aromatic rings. The summed E-state index contributed by atoms with van der Waals surface area (Å²) >= 11 is 6.13. The Labute approximate surface area is 126 Å². The quantitative estimate of drug-likeness (QED) is 0.796. The first kappa shape index (κ1) is 13.5. The van der Waals surface area contributed by atoms with E-state index < -0.39 is 5.97 Å². The van der Waals surface area contributed by atoms with E-state index in [1.54, 1.807) is 34.9 Å². The molecule has 0 radical (unpaired) electrons. The van der Waals surface area contributed by atoms with Gasteiger partial charge in [-0.2, -0.15) is 0 Å². The largest absolute Gasteiger partial charge is 0.495 e. The Bertz CT molecular complexity index is 839. The Balaban J connectivity index is 2.27. The summed E-state index contributed by atoms with van der Waals surface area (Å²) in [6.45, 7) is 0. The first-order valence-electron chi connectivity index (χ1n) is 6.28. The summed E-state index contributed by atoms with van der Waals surface area (Å²) in [7, 11) is 1.54. The Kier molecular flexibility index (Phi) is 3.31. The van der Waals surface area contributed by atoms with Crippen LogP contribution < -0.4 is 4.74 Å². The van der Waals surface area contributed by atoms with Gasteiger partial charge in [-0.15, -0.1) is 0 Å². The second-order valence-electron chi connectivity index (χ2n) is 4.57. The number of halogens is 1. The third-order valence-corrected chi connectivity index (χ3v) is 3.66. The highest BCUT2D eigenvalue weighted by Gasteiger charge is 2.18. The van der Waals surface area contributed by atoms with E-state index in [0.29, 0.717) is 21.9 Å². The molecule has 0 fully saturated rings. The number of carbonyl (C=O) groups is 1. The molecule has 0 atom stereocenters. The predicted octanol–water partition coefficient (Wildman–Crippen LogP) is 3.97. The van der Waals surface area contributed by atoms with Crippen LogP contribution >= 0.6 is 11.6 Å². The molecule has 1 aromatic carbocycles. The van der Waals surface area contributed by atoms with Crippen LogP contribution in [0.5, 0.6) is 5.75 Å². The van der Waals surface area contributed by atoms with Crippen LogP contribution in [0.4, 0.5) is 0 Å². The normalized spacial score (nSPS) is 10.8. The number of aromatic carboxylic acids is 1. The van der Waals surface area contributed by atoms with E-state index in [1.165, 1.54) is 7.11 Å². The number of rotatable bonds is 3. The van der Waals surface area contributed by atoms with Crippen LogP contribution in [0.1, 0.15) is 10.4 Å². The van der Waals surface area contributed by atoms with Gasteiger partial charge in [0, 0.05) is 18.0 Å². The minimum atomic E-state index is -0.967. The molecule has 5 heteroatoms. The molecule has 0 spiro atoms. The number of pyridine rings is 1. The number of nitrogens with zero attached hydrogens (tertiary/aromatic N) is 1. The number of benzene rings is 1. The number of carboxylic acid groups (broad SMARTS) is 1. The average Bonchev–Trinajstić information content (AvgIpc) is 2.86. The number of fused-ring (bicyclic) bond motifs is 1. The van der Waals surface area contributed by atoms with Gasteiger partial charge in [0.1, 0.15) is 5.75 Å². The Morgan fingerprint density at radius 1 is 1.29 bits per heavy atom. The van der Waals surface area contributed by atoms with Gasteiger partial charge in [-0.1, -0.05) is 23.7 Å². The summed E-state index contributed by atoms with van der Waals surface area (Å²) in [4.78, 5) is 11.6. The lowest BCUT2D eigenvalue weighted by atomic mass is 10.0. The lowest BCUT2D eigenvalue weighted by Gasteiger charge is -2.06. The molecule has 0 unspecified atom stereocenters. The van der Waals surface area contributed by atoms with Crippen LogP contribution in [0.25, 0.3) is 16.6 Å². The fraction of sp³-hybridized carbons (Fsp3) is 0.0625. The third kappa shape index (κ3) is 2.23. The number of hydrogen-bond donors (Lipinski definition) is 1. The van der Waals surface area contributed by atoms with Gasteiger partial charge in [0.25, 0.3) is 0 Å². The summed E-state index contributed by atoms with van der Waals surface area (Å²) < 4.78 is 6.91. The van der Waals surface area contributed by atoms with Gasteiger partial charge in [0.2, 0.25) is 0 Å². The monoisotopic (exact) mass is 301 g/mol. The fourth-order valence-corrected chi connectivity index (χ4v) is 2.66. The summed E-state index contributed by atoms with van der Waals surface area (Å²) in [6.07, 6.45) is 3.60. The van der Waals surface area contributed by atoms with Crippen molar-refractivity contribution >= 4 is 23.1 Å². The van der Waals surface area contributed by atoms with Crippen molar-refractivity contribution in [3.63, 3.8) is 0 Å². The first-order valence-corrected chi connectivity index (χ1v) is 6.66. The molecule has 4 nitrogen and oxygen atoms in total. The molecule has 2 aromatic heterocycles. The number of ether oxygens (including phenoxy) is 1. The van der Waals surface area contributed by atoms with E-state index in [9.17, 15) is 9.90 Å². The smallest absolute Gasteiger partial charge is 0.338 e. The van der Waals surface area contributed by atoms with Crippen molar-refractivity contribution in [1.29, 1.82) is 0 Å². The van der Waals surface area contributed by atoms with Crippen LogP contribution in [0, 0.1) is 0 Å². The molecule has 0 saturated heterocycles. The zero-order valence-corrected chi connectivity index (χ0v) is 12.0. The fourth-order valence-electron chi connectivity index (χ4n) is 2.40. The molecule has 0 saturated carbocycles. The van der Waals surface area contributed by atoms with Gasteiger partial charge in [0.05, 0.1) is 23.2 Å². The molecule has 0 bridgehead atoms. The van der Waals surface area contributed by atoms with Crippen molar-refractivity contribution in [2.45, 2.75) is 0 Å². The lowest BCUT2D eigenvalue weighted by molar-refractivity contribution is 0.0700. The standard InChI is InChI=1S/C16H12ClNO3/c1-21-14-6-5-10(8-12(14)17)11-9-18-7-3-2-4-13(18)15(11)16(19)20/h2-9H,1H3,(H,19,20). The molecule has 0 aliphatic rings. The Morgan fingerprint density at radius 3 is 2.76 bits per heavy atom. The van der Waals surface area contributed by atoms with Crippen molar-refractivity contribution < 1.29 is 14.6 Å². The zero-order valence-electron chi connectivity index (χ0n) is 11.2. The molecule has 2 heterocycles. The maximum atomic E-state index is 11.6. The molecule has 3 rings (SSSR count). The van der Waals surface area contributed by atoms with Gasteiger partial charge in [-0.25, -0.2) is 4.79 Å². The highest BCUT2D eigenvalue weighted by Crippen LogP contribution is 2.34. The van der Waals surface area contributed by atoms with Crippen LogP contribution in [0.3, 0.4) is 0 Å². The third-order valence-electron chi connectivity index (χ3n) is 3.36. The molecule has 106 valence electrons. The summed E-state index contributed by atoms with van der Waals surface area (Å²) in [5, 5.41) is 9.96. The molecule has 0 aliphatic carbocycles. The van der Waals surface area contributed by atoms with E-state index in [1.807, 2.05) is 18.3 Å². The minimum absolute atomic E-state index is 0.261. The van der Waals surface area contributed by atoms with Crippen molar-refractivity contribution in [3.8, 4) is 16.9 Å². The molecule has 1 N–H and O–H groups in total. The van der Waals surface area contributed by atoms with Gasteiger partial charge in [0.15, 0.2) is 0 Å². The number of carboxylic acids is 1. The Morgan fingerprint density at radius 2 is 2.10 bits per heavy atom. The van der Waals surface area contributed by atoms with Crippen LogP contribution in [0.15, 0.2) is 48.8 Å². The zero-order chi connectivity index (χ0) is 15.0. The molecule has 0 amide bonds. The van der Waals surface area contributed by atoms with Crippen molar-refractivity contribution in [3.05, 3.63) is 59.4 Å². The topological polar surface area (TPSA) is 50.9 Å². The van der Waals surface area contributed by atoms with Gasteiger partial charge in [-0.05, 0) is 29.8 Å². The minimum Gasteiger partial charge on any atom is -0.495 e. The molecular formula is C16H12ClNO3. The number of methoxy groups -OCH3 is 1. The van der Waals surface area contributed by atoms with E-state index in [2.05, 4.69) is 0 Å².